The minimum absolute atomic E-state index is 0.0639. The van der Waals surface area contributed by atoms with Crippen LogP contribution in [0.15, 0.2) is 23.7 Å². The van der Waals surface area contributed by atoms with Crippen LogP contribution in [0.5, 0.6) is 5.75 Å². The molecule has 1 aromatic carbocycles. The first kappa shape index (κ1) is 12.1. The second-order valence-electron chi connectivity index (χ2n) is 3.93. The van der Waals surface area contributed by atoms with E-state index in [0.29, 0.717) is 6.61 Å². The molecule has 90 valence electrons. The number of thiazole rings is 1. The highest BCUT2D eigenvalue weighted by molar-refractivity contribution is 7.09. The first-order chi connectivity index (χ1) is 8.20. The molecule has 17 heavy (non-hydrogen) atoms. The third-order valence-corrected chi connectivity index (χ3v) is 3.28. The van der Waals surface area contributed by atoms with Crippen molar-refractivity contribution >= 4 is 11.3 Å². The van der Waals surface area contributed by atoms with Gasteiger partial charge in [-0.05, 0) is 30.5 Å². The van der Waals surface area contributed by atoms with E-state index in [-0.39, 0.29) is 6.61 Å². The second kappa shape index (κ2) is 5.29. The molecular weight excluding hydrogens is 234 g/mol. The standard InChI is InChI=1S/C13H15NO2S/c1-9-5-11(7-15)6-10(2)13(9)16-8-12-14-3-4-17-12/h3-6,15H,7-8H2,1-2H3. The number of aromatic nitrogens is 1. The van der Waals surface area contributed by atoms with E-state index >= 15 is 0 Å². The van der Waals surface area contributed by atoms with Gasteiger partial charge >= 0.3 is 0 Å². The van der Waals surface area contributed by atoms with E-state index in [1.54, 1.807) is 17.5 Å². The van der Waals surface area contributed by atoms with Crippen LogP contribution in [0.25, 0.3) is 0 Å². The second-order valence-corrected chi connectivity index (χ2v) is 4.91. The molecule has 0 atom stereocenters. The zero-order valence-corrected chi connectivity index (χ0v) is 10.8. The van der Waals surface area contributed by atoms with Gasteiger partial charge in [0, 0.05) is 11.6 Å². The van der Waals surface area contributed by atoms with Crippen LogP contribution in [-0.2, 0) is 13.2 Å². The number of ether oxygens (including phenoxy) is 1. The van der Waals surface area contributed by atoms with Crippen LogP contribution in [-0.4, -0.2) is 10.1 Å². The van der Waals surface area contributed by atoms with Gasteiger partial charge in [0.1, 0.15) is 17.4 Å². The molecular formula is C13H15NO2S. The Morgan fingerprint density at radius 3 is 2.53 bits per heavy atom. The number of benzene rings is 1. The minimum atomic E-state index is 0.0639. The van der Waals surface area contributed by atoms with Crippen molar-refractivity contribution in [2.24, 2.45) is 0 Å². The third kappa shape index (κ3) is 2.84. The molecule has 0 aliphatic heterocycles. The lowest BCUT2D eigenvalue weighted by atomic mass is 10.1. The van der Waals surface area contributed by atoms with Crippen LogP contribution in [0.1, 0.15) is 21.7 Å². The topological polar surface area (TPSA) is 42.4 Å². The zero-order chi connectivity index (χ0) is 12.3. The fraction of sp³-hybridized carbons (Fsp3) is 0.308. The van der Waals surface area contributed by atoms with Gasteiger partial charge in [-0.1, -0.05) is 12.1 Å². The Morgan fingerprint density at radius 2 is 2.00 bits per heavy atom. The highest BCUT2D eigenvalue weighted by Gasteiger charge is 2.07. The van der Waals surface area contributed by atoms with E-state index in [1.165, 1.54) is 0 Å². The number of aliphatic hydroxyl groups excluding tert-OH is 1. The lowest BCUT2D eigenvalue weighted by Gasteiger charge is -2.12. The van der Waals surface area contributed by atoms with E-state index < -0.39 is 0 Å². The molecule has 1 aromatic heterocycles. The summed E-state index contributed by atoms with van der Waals surface area (Å²) in [6, 6.07) is 3.90. The molecule has 0 aliphatic rings. The number of rotatable bonds is 4. The molecule has 0 spiro atoms. The summed E-state index contributed by atoms with van der Waals surface area (Å²) in [6.07, 6.45) is 1.78. The Kier molecular flexibility index (Phi) is 3.76. The Labute approximate surface area is 105 Å². The van der Waals surface area contributed by atoms with Gasteiger partial charge in [0.25, 0.3) is 0 Å². The Bertz CT molecular complexity index is 471. The molecule has 0 unspecified atom stereocenters. The van der Waals surface area contributed by atoms with E-state index in [9.17, 15) is 0 Å². The zero-order valence-electron chi connectivity index (χ0n) is 9.93. The highest BCUT2D eigenvalue weighted by atomic mass is 32.1. The maximum Gasteiger partial charge on any atom is 0.140 e. The van der Waals surface area contributed by atoms with Crippen molar-refractivity contribution in [2.75, 3.05) is 0 Å². The SMILES string of the molecule is Cc1cc(CO)cc(C)c1OCc1nccs1. The molecule has 0 saturated heterocycles. The largest absolute Gasteiger partial charge is 0.486 e. The number of aryl methyl sites for hydroxylation is 2. The van der Waals surface area contributed by atoms with Crippen molar-refractivity contribution in [3.05, 3.63) is 45.4 Å². The number of nitrogens with zero attached hydrogens (tertiary/aromatic N) is 1. The van der Waals surface area contributed by atoms with E-state index in [2.05, 4.69) is 4.98 Å². The monoisotopic (exact) mass is 249 g/mol. The van der Waals surface area contributed by atoms with Crippen molar-refractivity contribution < 1.29 is 9.84 Å². The Hall–Kier alpha value is -1.39. The number of hydrogen-bond acceptors (Lipinski definition) is 4. The summed E-state index contributed by atoms with van der Waals surface area (Å²) >= 11 is 1.59. The molecule has 0 radical (unpaired) electrons. The Morgan fingerprint density at radius 1 is 1.29 bits per heavy atom. The molecule has 2 aromatic rings. The van der Waals surface area contributed by atoms with Crippen LogP contribution >= 0.6 is 11.3 Å². The van der Waals surface area contributed by atoms with Gasteiger partial charge in [-0.3, -0.25) is 0 Å². The van der Waals surface area contributed by atoms with Gasteiger partial charge in [-0.15, -0.1) is 11.3 Å². The smallest absolute Gasteiger partial charge is 0.140 e. The first-order valence-electron chi connectivity index (χ1n) is 5.43. The maximum atomic E-state index is 9.11. The van der Waals surface area contributed by atoms with Crippen LogP contribution in [0.3, 0.4) is 0 Å². The summed E-state index contributed by atoms with van der Waals surface area (Å²) in [5.74, 6) is 0.886. The average molecular weight is 249 g/mol. The molecule has 3 nitrogen and oxygen atoms in total. The predicted molar refractivity (Wildman–Crippen MR) is 68.3 cm³/mol. The summed E-state index contributed by atoms with van der Waals surface area (Å²) in [5.41, 5.74) is 3.01. The van der Waals surface area contributed by atoms with E-state index in [0.717, 1.165) is 27.4 Å². The van der Waals surface area contributed by atoms with Crippen molar-refractivity contribution in [3.8, 4) is 5.75 Å². The van der Waals surface area contributed by atoms with Crippen LogP contribution < -0.4 is 4.74 Å². The lowest BCUT2D eigenvalue weighted by molar-refractivity contribution is 0.280. The van der Waals surface area contributed by atoms with Gasteiger partial charge in [-0.2, -0.15) is 0 Å². The number of hydrogen-bond donors (Lipinski definition) is 1. The molecule has 1 heterocycles. The minimum Gasteiger partial charge on any atom is -0.486 e. The predicted octanol–water partition coefficient (Wildman–Crippen LogP) is 2.83. The van der Waals surface area contributed by atoms with E-state index in [4.69, 9.17) is 9.84 Å². The molecule has 0 aliphatic carbocycles. The molecule has 0 saturated carbocycles. The van der Waals surface area contributed by atoms with Gasteiger partial charge in [0.2, 0.25) is 0 Å². The van der Waals surface area contributed by atoms with Crippen molar-refractivity contribution in [1.82, 2.24) is 4.98 Å². The highest BCUT2D eigenvalue weighted by Crippen LogP contribution is 2.26. The summed E-state index contributed by atoms with van der Waals surface area (Å²) < 4.78 is 5.78. The fourth-order valence-corrected chi connectivity index (χ4v) is 2.34. The molecule has 0 fully saturated rings. The normalized spacial score (nSPS) is 10.5. The molecule has 2 rings (SSSR count). The van der Waals surface area contributed by atoms with Gasteiger partial charge in [0.05, 0.1) is 6.61 Å². The van der Waals surface area contributed by atoms with Crippen LogP contribution in [0.2, 0.25) is 0 Å². The maximum absolute atomic E-state index is 9.11. The van der Waals surface area contributed by atoms with Crippen LogP contribution in [0.4, 0.5) is 0 Å². The lowest BCUT2D eigenvalue weighted by Crippen LogP contribution is -1.99. The molecule has 1 N–H and O–H groups in total. The van der Waals surface area contributed by atoms with Gasteiger partial charge in [0.15, 0.2) is 0 Å². The summed E-state index contributed by atoms with van der Waals surface area (Å²) in [7, 11) is 0. The molecule has 4 heteroatoms. The van der Waals surface area contributed by atoms with Gasteiger partial charge in [-0.25, -0.2) is 4.98 Å². The number of aliphatic hydroxyl groups is 1. The summed E-state index contributed by atoms with van der Waals surface area (Å²) in [5, 5.41) is 12.0. The van der Waals surface area contributed by atoms with Crippen LogP contribution in [0, 0.1) is 13.8 Å². The quantitative estimate of drug-likeness (QED) is 0.906. The average Bonchev–Trinajstić information content (AvgIpc) is 2.80. The van der Waals surface area contributed by atoms with Gasteiger partial charge < -0.3 is 9.84 Å². The summed E-state index contributed by atoms with van der Waals surface area (Å²) in [6.45, 7) is 4.54. The first-order valence-corrected chi connectivity index (χ1v) is 6.31. The third-order valence-electron chi connectivity index (χ3n) is 2.53. The van der Waals surface area contributed by atoms with Crippen molar-refractivity contribution in [2.45, 2.75) is 27.1 Å². The van der Waals surface area contributed by atoms with Crippen molar-refractivity contribution in [3.63, 3.8) is 0 Å². The van der Waals surface area contributed by atoms with E-state index in [1.807, 2.05) is 31.4 Å². The molecule has 0 bridgehead atoms. The molecule has 0 amide bonds. The van der Waals surface area contributed by atoms with Crippen molar-refractivity contribution in [1.29, 1.82) is 0 Å². The summed E-state index contributed by atoms with van der Waals surface area (Å²) in [4.78, 5) is 4.18. The fourth-order valence-electron chi connectivity index (χ4n) is 1.82. The Balaban J connectivity index is 2.15.